The van der Waals surface area contributed by atoms with Gasteiger partial charge in [-0.05, 0) is 18.6 Å². The highest BCUT2D eigenvalue weighted by Crippen LogP contribution is 2.23. The van der Waals surface area contributed by atoms with Gasteiger partial charge in [0.05, 0.1) is 30.9 Å². The first-order valence-electron chi connectivity index (χ1n) is 9.99. The summed E-state index contributed by atoms with van der Waals surface area (Å²) in [4.78, 5) is 60.6. The van der Waals surface area contributed by atoms with Crippen LogP contribution in [0.2, 0.25) is 0 Å². The van der Waals surface area contributed by atoms with Gasteiger partial charge in [0.25, 0.3) is 11.8 Å². The zero-order valence-corrected chi connectivity index (χ0v) is 18.2. The largest absolute Gasteiger partial charge is 0.483 e. The highest BCUT2D eigenvalue weighted by atomic mass is 16.5. The summed E-state index contributed by atoms with van der Waals surface area (Å²) in [5.74, 6) is -1.47. The van der Waals surface area contributed by atoms with Crippen LogP contribution in [0, 0.1) is 0 Å². The predicted octanol–water partition coefficient (Wildman–Crippen LogP) is -0.831. The van der Waals surface area contributed by atoms with Crippen molar-refractivity contribution < 1.29 is 38.6 Å². The van der Waals surface area contributed by atoms with Crippen LogP contribution < -0.4 is 15.4 Å². The molecule has 176 valence electrons. The van der Waals surface area contributed by atoms with Gasteiger partial charge in [-0.15, -0.1) is 0 Å². The number of hydrogen-bond acceptors (Lipinski definition) is 8. The van der Waals surface area contributed by atoms with Crippen molar-refractivity contribution in [3.05, 3.63) is 29.3 Å². The number of nitrogens with one attached hydrogen (secondary N) is 2. The van der Waals surface area contributed by atoms with Crippen molar-refractivity contribution in [2.75, 3.05) is 47.1 Å². The van der Waals surface area contributed by atoms with Crippen LogP contribution in [0.4, 0.5) is 0 Å². The molecule has 0 aliphatic carbocycles. The molecule has 11 heteroatoms. The molecule has 0 saturated carbocycles. The van der Waals surface area contributed by atoms with E-state index in [1.807, 2.05) is 0 Å². The summed E-state index contributed by atoms with van der Waals surface area (Å²) in [7, 11) is 2.82. The molecule has 1 unspecified atom stereocenters. The average molecular weight is 451 g/mol. The zero-order chi connectivity index (χ0) is 23.9. The summed E-state index contributed by atoms with van der Waals surface area (Å²) < 4.78 is 10.4. The number of hydrogen-bond donors (Lipinski definition) is 3. The molecule has 32 heavy (non-hydrogen) atoms. The van der Waals surface area contributed by atoms with Crippen molar-refractivity contribution in [2.24, 2.45) is 0 Å². The molecule has 1 aromatic carbocycles. The van der Waals surface area contributed by atoms with Crippen LogP contribution in [-0.2, 0) is 19.1 Å². The van der Waals surface area contributed by atoms with Gasteiger partial charge in [-0.25, -0.2) is 0 Å². The van der Waals surface area contributed by atoms with Gasteiger partial charge in [-0.2, -0.15) is 0 Å². The molecule has 0 aromatic heterocycles. The molecule has 11 nitrogen and oxygen atoms in total. The number of aliphatic hydroxyl groups is 1. The van der Waals surface area contributed by atoms with Crippen molar-refractivity contribution in [3.63, 3.8) is 0 Å². The van der Waals surface area contributed by atoms with Crippen LogP contribution in [-0.4, -0.2) is 93.4 Å². The molecule has 0 radical (unpaired) electrons. The van der Waals surface area contributed by atoms with Gasteiger partial charge in [-0.3, -0.25) is 19.2 Å². The number of rotatable bonds is 15. The molecule has 1 rings (SSSR count). The minimum atomic E-state index is -0.902. The number of nitrogens with zero attached hydrogens (tertiary/aromatic N) is 1. The Hall–Kier alpha value is -3.31. The van der Waals surface area contributed by atoms with Gasteiger partial charge in [0.2, 0.25) is 5.91 Å². The van der Waals surface area contributed by atoms with Crippen molar-refractivity contribution in [1.29, 1.82) is 0 Å². The molecule has 0 aliphatic rings. The summed E-state index contributed by atoms with van der Waals surface area (Å²) in [6.45, 7) is 0.0953. The van der Waals surface area contributed by atoms with E-state index >= 15 is 0 Å². The summed E-state index contributed by atoms with van der Waals surface area (Å²) in [6.07, 6.45) is 1.31. The molecule has 0 saturated heterocycles. The molecule has 0 spiro atoms. The predicted molar refractivity (Wildman–Crippen MR) is 113 cm³/mol. The number of ether oxygens (including phenoxy) is 2. The Balaban J connectivity index is 2.90. The second-order valence-corrected chi connectivity index (χ2v) is 6.60. The molecule has 0 aliphatic heterocycles. The summed E-state index contributed by atoms with van der Waals surface area (Å²) >= 11 is 0. The summed E-state index contributed by atoms with van der Waals surface area (Å²) in [5, 5.41) is 13.6. The lowest BCUT2D eigenvalue weighted by Crippen LogP contribution is -2.47. The maximum absolute atomic E-state index is 13.0. The van der Waals surface area contributed by atoms with Crippen LogP contribution in [0.25, 0.3) is 0 Å². The molecule has 1 atom stereocenters. The zero-order valence-electron chi connectivity index (χ0n) is 18.2. The van der Waals surface area contributed by atoms with Crippen LogP contribution >= 0.6 is 0 Å². The Bertz CT molecular complexity index is 799. The van der Waals surface area contributed by atoms with Crippen molar-refractivity contribution in [1.82, 2.24) is 15.5 Å². The topological polar surface area (TPSA) is 151 Å². The lowest BCUT2D eigenvalue weighted by Gasteiger charge is -2.27. The number of aldehydes is 2. The van der Waals surface area contributed by atoms with Crippen LogP contribution in [0.3, 0.4) is 0 Å². The number of likely N-dealkylation sites (N-methyl/N-ethyl adjacent to an activating group) is 2. The maximum Gasteiger partial charge on any atom is 0.258 e. The lowest BCUT2D eigenvalue weighted by atomic mass is 10.0. The Morgan fingerprint density at radius 3 is 2.59 bits per heavy atom. The maximum atomic E-state index is 13.0. The highest BCUT2D eigenvalue weighted by molar-refractivity contribution is 6.04. The van der Waals surface area contributed by atoms with E-state index < -0.39 is 30.4 Å². The molecule has 0 heterocycles. The Morgan fingerprint density at radius 2 is 1.97 bits per heavy atom. The van der Waals surface area contributed by atoms with E-state index in [1.165, 1.54) is 32.3 Å². The fourth-order valence-electron chi connectivity index (χ4n) is 2.83. The smallest absolute Gasteiger partial charge is 0.258 e. The molecule has 3 amide bonds. The monoisotopic (exact) mass is 451 g/mol. The van der Waals surface area contributed by atoms with Gasteiger partial charge >= 0.3 is 0 Å². The second-order valence-electron chi connectivity index (χ2n) is 6.60. The minimum Gasteiger partial charge on any atom is -0.483 e. The van der Waals surface area contributed by atoms with Crippen LogP contribution in [0.15, 0.2) is 18.2 Å². The first-order valence-corrected chi connectivity index (χ1v) is 9.99. The van der Waals surface area contributed by atoms with Crippen LogP contribution in [0.1, 0.15) is 33.6 Å². The molecule has 1 aromatic rings. The van der Waals surface area contributed by atoms with E-state index in [4.69, 9.17) is 14.6 Å². The summed E-state index contributed by atoms with van der Waals surface area (Å²) in [6, 6.07) is 3.44. The average Bonchev–Trinajstić information content (AvgIpc) is 2.81. The first-order chi connectivity index (χ1) is 15.4. The highest BCUT2D eigenvalue weighted by Gasteiger charge is 2.28. The molecular weight excluding hydrogens is 422 g/mol. The normalized spacial score (nSPS) is 11.2. The van der Waals surface area contributed by atoms with Crippen molar-refractivity contribution in [2.45, 2.75) is 18.9 Å². The van der Waals surface area contributed by atoms with E-state index in [1.54, 1.807) is 0 Å². The van der Waals surface area contributed by atoms with Gasteiger partial charge in [0.1, 0.15) is 18.1 Å². The van der Waals surface area contributed by atoms with E-state index in [9.17, 15) is 24.0 Å². The molecule has 0 bridgehead atoms. The third kappa shape index (κ3) is 8.08. The number of carbonyl (C=O) groups is 5. The number of carbonyl (C=O) groups excluding carboxylic acids is 5. The number of benzene rings is 1. The van der Waals surface area contributed by atoms with E-state index in [2.05, 4.69) is 10.6 Å². The second kappa shape index (κ2) is 14.7. The molecular formula is C21H29N3O8. The Labute approximate surface area is 186 Å². The minimum absolute atomic E-state index is 0.00202. The van der Waals surface area contributed by atoms with E-state index in [-0.39, 0.29) is 56.1 Å². The van der Waals surface area contributed by atoms with Crippen LogP contribution in [0.5, 0.6) is 5.75 Å². The third-order valence-electron chi connectivity index (χ3n) is 4.47. The van der Waals surface area contributed by atoms with E-state index in [0.29, 0.717) is 12.6 Å². The molecule has 3 N–H and O–H groups in total. The first kappa shape index (κ1) is 26.7. The van der Waals surface area contributed by atoms with Crippen molar-refractivity contribution in [3.8, 4) is 5.75 Å². The fraction of sp³-hybridized carbons (Fsp3) is 0.476. The Kier molecular flexibility index (Phi) is 12.2. The third-order valence-corrected chi connectivity index (χ3v) is 4.47. The molecule has 0 fully saturated rings. The lowest BCUT2D eigenvalue weighted by molar-refractivity contribution is -0.125. The fourth-order valence-corrected chi connectivity index (χ4v) is 2.83. The Morgan fingerprint density at radius 1 is 1.22 bits per heavy atom. The van der Waals surface area contributed by atoms with Gasteiger partial charge in [0.15, 0.2) is 12.9 Å². The number of amides is 3. The summed E-state index contributed by atoms with van der Waals surface area (Å²) in [5.41, 5.74) is -0.0627. The number of aliphatic hydroxyl groups excluding tert-OH is 1. The standard InChI is InChI=1S/C21H29N3O8/c1-22-20(29)17(6-4-9-25)24(2)21(30)15-5-3-7-18(16(15)13-27)32-14-19(28)23-8-11-31-12-10-26/h3,5,7,9,13,17,26H,4,6,8,10-12,14H2,1-2H3,(H,22,29)(H,23,28). The van der Waals surface area contributed by atoms with Gasteiger partial charge in [-0.1, -0.05) is 6.07 Å². The van der Waals surface area contributed by atoms with Crippen molar-refractivity contribution >= 4 is 30.3 Å². The SMILES string of the molecule is CNC(=O)C(CCC=O)N(C)C(=O)c1cccc(OCC(=O)NCCOCCO)c1C=O. The van der Waals surface area contributed by atoms with Gasteiger partial charge in [0, 0.05) is 27.1 Å². The quantitative estimate of drug-likeness (QED) is 0.231. The van der Waals surface area contributed by atoms with Gasteiger partial charge < -0.3 is 34.9 Å². The van der Waals surface area contributed by atoms with E-state index in [0.717, 1.165) is 4.90 Å².